The summed E-state index contributed by atoms with van der Waals surface area (Å²) in [4.78, 5) is 15.5. The molecule has 2 aliphatic heterocycles. The van der Waals surface area contributed by atoms with Crippen LogP contribution >= 0.6 is 33.9 Å². The van der Waals surface area contributed by atoms with Crippen molar-refractivity contribution in [3.63, 3.8) is 0 Å². The molecule has 4 N–H and O–H groups in total. The lowest BCUT2D eigenvalue weighted by atomic mass is 10.00. The zero-order chi connectivity index (χ0) is 17.0. The van der Waals surface area contributed by atoms with E-state index in [0.717, 1.165) is 39.2 Å². The number of thiophene rings is 1. The summed E-state index contributed by atoms with van der Waals surface area (Å²) in [6.07, 6.45) is 0.545. The molecule has 126 valence electrons. The van der Waals surface area contributed by atoms with Gasteiger partial charge in [-0.05, 0) is 52.8 Å². The average molecular weight is 456 g/mol. The first kappa shape index (κ1) is 16.2. The Kier molecular flexibility index (Phi) is 3.97. The van der Waals surface area contributed by atoms with Gasteiger partial charge >= 0.3 is 0 Å². The van der Waals surface area contributed by atoms with E-state index in [-0.39, 0.29) is 11.7 Å². The third-order valence-corrected chi connectivity index (χ3v) is 6.52. The second-order valence-electron chi connectivity index (χ2n) is 6.55. The molecule has 1 unspecified atom stereocenters. The number of benzene rings is 1. The lowest BCUT2D eigenvalue weighted by Crippen LogP contribution is -3.08. The Morgan fingerprint density at radius 3 is 2.96 bits per heavy atom. The lowest BCUT2D eigenvalue weighted by Gasteiger charge is -2.28. The number of halogens is 1. The number of amides is 1. The van der Waals surface area contributed by atoms with Crippen molar-refractivity contribution < 1.29 is 14.8 Å². The Hall–Kier alpha value is -1.32. The van der Waals surface area contributed by atoms with E-state index in [4.69, 9.17) is 0 Å². The van der Waals surface area contributed by atoms with Crippen molar-refractivity contribution in [2.75, 3.05) is 18.9 Å². The molecule has 3 heterocycles. The van der Waals surface area contributed by atoms with E-state index >= 15 is 0 Å². The molecule has 1 aromatic heterocycles. The molecule has 0 spiro atoms. The predicted molar refractivity (Wildman–Crippen MR) is 103 cm³/mol. The summed E-state index contributed by atoms with van der Waals surface area (Å²) < 4.78 is 1.04. The molecule has 2 aromatic rings. The zero-order valence-electron chi connectivity index (χ0n) is 13.5. The molecule has 2 atom stereocenters. The van der Waals surface area contributed by atoms with Gasteiger partial charge in [-0.25, -0.2) is 0 Å². The number of fused-ring (bicyclic) bond motifs is 3. The second-order valence-corrected chi connectivity index (χ2v) is 8.90. The molecule has 2 aliphatic rings. The molecular formula is C17H19IN3O2S+. The third kappa shape index (κ3) is 2.58. The van der Waals surface area contributed by atoms with Gasteiger partial charge in [0.2, 0.25) is 0 Å². The highest BCUT2D eigenvalue weighted by molar-refractivity contribution is 14.1. The van der Waals surface area contributed by atoms with Crippen LogP contribution < -0.4 is 15.5 Å². The lowest BCUT2D eigenvalue weighted by molar-refractivity contribution is -0.895. The summed E-state index contributed by atoms with van der Waals surface area (Å²) in [5.74, 6) is 0.198. The largest absolute Gasteiger partial charge is 0.507 e. The van der Waals surface area contributed by atoms with Crippen molar-refractivity contribution in [3.05, 3.63) is 42.8 Å². The molecule has 0 radical (unpaired) electrons. The molecule has 0 fully saturated rings. The number of phenolic OH excluding ortho intramolecular Hbond substituents is 1. The van der Waals surface area contributed by atoms with E-state index in [1.807, 2.05) is 19.1 Å². The van der Waals surface area contributed by atoms with Crippen LogP contribution in [0.1, 0.15) is 38.1 Å². The number of carbonyl (C=O) groups is 1. The van der Waals surface area contributed by atoms with E-state index in [1.165, 1.54) is 15.3 Å². The number of hydrogen-bond acceptors (Lipinski definition) is 4. The molecule has 0 aliphatic carbocycles. The van der Waals surface area contributed by atoms with Gasteiger partial charge in [0.25, 0.3) is 5.91 Å². The Labute approximate surface area is 158 Å². The van der Waals surface area contributed by atoms with Crippen LogP contribution in [0.2, 0.25) is 0 Å². The van der Waals surface area contributed by atoms with E-state index in [9.17, 15) is 9.90 Å². The fourth-order valence-electron chi connectivity index (χ4n) is 3.47. The number of likely N-dealkylation sites (N-methyl/N-ethyl adjacent to an activating group) is 1. The van der Waals surface area contributed by atoms with Crippen LogP contribution in [0, 0.1) is 10.5 Å². The normalized spacial score (nSPS) is 22.4. The summed E-state index contributed by atoms with van der Waals surface area (Å²) in [6.45, 7) is 3.91. The molecule has 0 bridgehead atoms. The van der Waals surface area contributed by atoms with Crippen LogP contribution in [0.5, 0.6) is 5.75 Å². The maximum Gasteiger partial charge on any atom is 0.256 e. The fourth-order valence-corrected chi connectivity index (χ4v) is 5.66. The quantitative estimate of drug-likeness (QED) is 0.495. The highest BCUT2D eigenvalue weighted by Gasteiger charge is 2.34. The number of carbonyl (C=O) groups excluding carboxylic acids is 1. The molecule has 5 nitrogen and oxygen atoms in total. The van der Waals surface area contributed by atoms with Crippen molar-refractivity contribution in [1.82, 2.24) is 5.32 Å². The van der Waals surface area contributed by atoms with Gasteiger partial charge in [-0.15, -0.1) is 11.3 Å². The first-order valence-electron chi connectivity index (χ1n) is 7.96. The molecule has 7 heteroatoms. The minimum Gasteiger partial charge on any atom is -0.507 e. The van der Waals surface area contributed by atoms with Gasteiger partial charge in [-0.2, -0.15) is 0 Å². The van der Waals surface area contributed by atoms with Crippen LogP contribution in [0.15, 0.2) is 12.1 Å². The average Bonchev–Trinajstić information content (AvgIpc) is 2.88. The molecule has 1 aromatic carbocycles. The van der Waals surface area contributed by atoms with Crippen LogP contribution in [0.4, 0.5) is 5.00 Å². The summed E-state index contributed by atoms with van der Waals surface area (Å²) in [7, 11) is 2.19. The summed E-state index contributed by atoms with van der Waals surface area (Å²) >= 11 is 3.91. The summed E-state index contributed by atoms with van der Waals surface area (Å²) in [6, 6.07) is 3.84. The first-order valence-corrected chi connectivity index (χ1v) is 9.86. The van der Waals surface area contributed by atoms with Crippen molar-refractivity contribution in [2.24, 2.45) is 0 Å². The predicted octanol–water partition coefficient (Wildman–Crippen LogP) is 1.79. The van der Waals surface area contributed by atoms with E-state index < -0.39 is 6.17 Å². The highest BCUT2D eigenvalue weighted by Crippen LogP contribution is 2.40. The summed E-state index contributed by atoms with van der Waals surface area (Å²) in [5.41, 5.74) is 3.54. The molecule has 0 saturated heterocycles. The Bertz CT molecular complexity index is 849. The van der Waals surface area contributed by atoms with Gasteiger partial charge in [0.15, 0.2) is 0 Å². The van der Waals surface area contributed by atoms with Gasteiger partial charge in [0.05, 0.1) is 24.0 Å². The van der Waals surface area contributed by atoms with Crippen LogP contribution in [-0.4, -0.2) is 24.6 Å². The van der Waals surface area contributed by atoms with Gasteiger partial charge in [-0.3, -0.25) is 4.79 Å². The Balaban J connectivity index is 1.74. The molecule has 0 saturated carbocycles. The van der Waals surface area contributed by atoms with Gasteiger partial charge in [0, 0.05) is 15.6 Å². The fraction of sp³-hybridized carbons (Fsp3) is 0.353. The van der Waals surface area contributed by atoms with Gasteiger partial charge in [-0.1, -0.05) is 0 Å². The number of aromatic hydroxyl groups is 1. The number of hydrogen-bond donors (Lipinski definition) is 4. The van der Waals surface area contributed by atoms with Crippen molar-refractivity contribution in [2.45, 2.75) is 26.1 Å². The van der Waals surface area contributed by atoms with Gasteiger partial charge in [0.1, 0.15) is 23.5 Å². The molecule has 4 rings (SSSR count). The Morgan fingerprint density at radius 1 is 1.38 bits per heavy atom. The number of nitrogens with one attached hydrogen (secondary N) is 3. The minimum atomic E-state index is -0.399. The van der Waals surface area contributed by atoms with E-state index in [1.54, 1.807) is 11.3 Å². The standard InChI is InChI=1S/C17H18IN3O2S/c1-8-5-9(18)6-11(14(8)22)15-19-16(23)13-10-3-4-21(2)7-12(10)24-17(13)20-15/h5-6,15,20,22H,3-4,7H2,1-2H3,(H,19,23)/p+1/t15-/m0/s1. The topological polar surface area (TPSA) is 65.8 Å². The maximum atomic E-state index is 12.7. The number of rotatable bonds is 1. The number of anilines is 1. The highest BCUT2D eigenvalue weighted by atomic mass is 127. The van der Waals surface area contributed by atoms with Gasteiger partial charge < -0.3 is 20.6 Å². The first-order chi connectivity index (χ1) is 11.4. The Morgan fingerprint density at radius 2 is 2.17 bits per heavy atom. The number of quaternary nitrogens is 1. The van der Waals surface area contributed by atoms with E-state index in [2.05, 4.69) is 40.3 Å². The SMILES string of the molecule is Cc1cc(I)cc([C@H]2NC(=O)c3c(sc4c3CC[NH+](C)C4)N2)c1O. The zero-order valence-corrected chi connectivity index (χ0v) is 16.5. The smallest absolute Gasteiger partial charge is 0.256 e. The minimum absolute atomic E-state index is 0.0401. The second kappa shape index (κ2) is 5.89. The van der Waals surface area contributed by atoms with Crippen molar-refractivity contribution >= 4 is 44.8 Å². The van der Waals surface area contributed by atoms with Crippen LogP contribution in [-0.2, 0) is 13.0 Å². The van der Waals surface area contributed by atoms with Crippen LogP contribution in [0.25, 0.3) is 0 Å². The summed E-state index contributed by atoms with van der Waals surface area (Å²) in [5, 5.41) is 17.8. The number of phenols is 1. The van der Waals surface area contributed by atoms with E-state index in [0.29, 0.717) is 5.56 Å². The molecule has 24 heavy (non-hydrogen) atoms. The molecule has 1 amide bonds. The monoisotopic (exact) mass is 456 g/mol. The van der Waals surface area contributed by atoms with Crippen LogP contribution in [0.3, 0.4) is 0 Å². The van der Waals surface area contributed by atoms with Crippen molar-refractivity contribution in [3.8, 4) is 5.75 Å². The number of aryl methyl sites for hydroxylation is 1. The van der Waals surface area contributed by atoms with Crippen molar-refractivity contribution in [1.29, 1.82) is 0 Å². The molecular weight excluding hydrogens is 437 g/mol. The third-order valence-electron chi connectivity index (χ3n) is 4.74. The maximum absolute atomic E-state index is 12.7.